The van der Waals surface area contributed by atoms with E-state index >= 15 is 0 Å². The first kappa shape index (κ1) is 27.2. The molecular weight excluding hydrogens is 511 g/mol. The third-order valence-corrected chi connectivity index (χ3v) is 9.92. The molecule has 1 heterocycles. The van der Waals surface area contributed by atoms with Crippen molar-refractivity contribution in [3.63, 3.8) is 0 Å². The fourth-order valence-corrected chi connectivity index (χ4v) is 6.89. The highest BCUT2D eigenvalue weighted by Crippen LogP contribution is 2.32. The molecule has 0 amide bonds. The Morgan fingerprint density at radius 2 is 1.56 bits per heavy atom. The van der Waals surface area contributed by atoms with Crippen LogP contribution in [0.5, 0.6) is 0 Å². The summed E-state index contributed by atoms with van der Waals surface area (Å²) >= 11 is 12.6. The SMILES string of the molecule is CCN(C[C@@H](CCN1CCC(c2ccccc2)CC1)c1ccc(Cl)c(Cl)c1)S(=O)(=O)c1ccccc1. The van der Waals surface area contributed by atoms with Gasteiger partial charge in [-0.25, -0.2) is 8.42 Å². The van der Waals surface area contributed by atoms with Crippen molar-refractivity contribution in [1.29, 1.82) is 0 Å². The van der Waals surface area contributed by atoms with Gasteiger partial charge in [-0.05, 0) is 86.1 Å². The lowest BCUT2D eigenvalue weighted by Crippen LogP contribution is -2.37. The Balaban J connectivity index is 1.47. The Morgan fingerprint density at radius 3 is 2.17 bits per heavy atom. The summed E-state index contributed by atoms with van der Waals surface area (Å²) in [6.45, 7) is 5.70. The molecule has 1 atom stereocenters. The zero-order chi connectivity index (χ0) is 25.5. The fourth-order valence-electron chi connectivity index (χ4n) is 5.07. The number of halogens is 2. The molecule has 1 fully saturated rings. The van der Waals surface area contributed by atoms with Crippen molar-refractivity contribution >= 4 is 33.2 Å². The smallest absolute Gasteiger partial charge is 0.243 e. The van der Waals surface area contributed by atoms with Crippen LogP contribution in [-0.2, 0) is 10.0 Å². The largest absolute Gasteiger partial charge is 0.303 e. The van der Waals surface area contributed by atoms with E-state index in [-0.39, 0.29) is 5.92 Å². The van der Waals surface area contributed by atoms with Crippen LogP contribution in [0.25, 0.3) is 0 Å². The minimum Gasteiger partial charge on any atom is -0.303 e. The zero-order valence-electron chi connectivity index (χ0n) is 20.7. The number of likely N-dealkylation sites (tertiary alicyclic amines) is 1. The molecule has 3 aromatic carbocycles. The van der Waals surface area contributed by atoms with Crippen LogP contribution in [0.2, 0.25) is 10.0 Å². The molecule has 3 aromatic rings. The second-order valence-corrected chi connectivity index (χ2v) is 12.2. The highest BCUT2D eigenvalue weighted by atomic mass is 35.5. The van der Waals surface area contributed by atoms with Gasteiger partial charge in [-0.1, -0.05) is 84.7 Å². The fraction of sp³-hybridized carbons (Fsp3) is 0.379. The number of benzene rings is 3. The molecular formula is C29H34Cl2N2O2S. The van der Waals surface area contributed by atoms with Gasteiger partial charge in [0, 0.05) is 13.1 Å². The quantitative estimate of drug-likeness (QED) is 0.274. The predicted octanol–water partition coefficient (Wildman–Crippen LogP) is 7.06. The van der Waals surface area contributed by atoms with Crippen LogP contribution >= 0.6 is 23.2 Å². The maximum absolute atomic E-state index is 13.4. The van der Waals surface area contributed by atoms with Crippen molar-refractivity contribution in [3.8, 4) is 0 Å². The molecule has 0 radical (unpaired) electrons. The molecule has 0 saturated carbocycles. The first-order valence-electron chi connectivity index (χ1n) is 12.7. The van der Waals surface area contributed by atoms with Gasteiger partial charge in [0.15, 0.2) is 0 Å². The van der Waals surface area contributed by atoms with E-state index in [2.05, 4.69) is 35.2 Å². The molecule has 192 valence electrons. The summed E-state index contributed by atoms with van der Waals surface area (Å²) < 4.78 is 28.4. The van der Waals surface area contributed by atoms with E-state index in [4.69, 9.17) is 23.2 Å². The van der Waals surface area contributed by atoms with Gasteiger partial charge >= 0.3 is 0 Å². The molecule has 0 spiro atoms. The van der Waals surface area contributed by atoms with Gasteiger partial charge in [0.05, 0.1) is 14.9 Å². The van der Waals surface area contributed by atoms with E-state index < -0.39 is 10.0 Å². The molecule has 4 rings (SSSR count). The van der Waals surface area contributed by atoms with Gasteiger partial charge in [0.2, 0.25) is 10.0 Å². The minimum atomic E-state index is -3.59. The molecule has 1 aliphatic rings. The van der Waals surface area contributed by atoms with Crippen molar-refractivity contribution in [2.45, 2.75) is 42.9 Å². The summed E-state index contributed by atoms with van der Waals surface area (Å²) in [6.07, 6.45) is 3.13. The highest BCUT2D eigenvalue weighted by Gasteiger charge is 2.28. The van der Waals surface area contributed by atoms with E-state index in [1.807, 2.05) is 25.1 Å². The van der Waals surface area contributed by atoms with Gasteiger partial charge in [-0.3, -0.25) is 0 Å². The molecule has 1 saturated heterocycles. The summed E-state index contributed by atoms with van der Waals surface area (Å²) in [6, 6.07) is 25.1. The Hall–Kier alpha value is -1.89. The lowest BCUT2D eigenvalue weighted by Gasteiger charge is -2.34. The number of hydrogen-bond donors (Lipinski definition) is 0. The number of sulfonamides is 1. The minimum absolute atomic E-state index is 0.00468. The monoisotopic (exact) mass is 544 g/mol. The Labute approximate surface area is 225 Å². The highest BCUT2D eigenvalue weighted by molar-refractivity contribution is 7.89. The van der Waals surface area contributed by atoms with E-state index in [1.54, 1.807) is 34.6 Å². The van der Waals surface area contributed by atoms with Crippen molar-refractivity contribution in [2.24, 2.45) is 0 Å². The third-order valence-electron chi connectivity index (χ3n) is 7.23. The van der Waals surface area contributed by atoms with Gasteiger partial charge in [0.25, 0.3) is 0 Å². The van der Waals surface area contributed by atoms with Crippen molar-refractivity contribution in [2.75, 3.05) is 32.7 Å². The summed E-state index contributed by atoms with van der Waals surface area (Å²) in [5.74, 6) is 0.616. The number of piperidine rings is 1. The second kappa shape index (κ2) is 12.6. The topological polar surface area (TPSA) is 40.6 Å². The molecule has 0 aromatic heterocycles. The molecule has 0 unspecified atom stereocenters. The van der Waals surface area contributed by atoms with Crippen LogP contribution < -0.4 is 0 Å². The average Bonchev–Trinajstić information content (AvgIpc) is 2.91. The molecule has 0 aliphatic carbocycles. The second-order valence-electron chi connectivity index (χ2n) is 9.45. The first-order valence-corrected chi connectivity index (χ1v) is 14.9. The van der Waals surface area contributed by atoms with E-state index in [1.165, 1.54) is 5.56 Å². The average molecular weight is 546 g/mol. The number of likely N-dealkylation sites (N-methyl/N-ethyl adjacent to an activating group) is 1. The van der Waals surface area contributed by atoms with Crippen LogP contribution in [0.3, 0.4) is 0 Å². The van der Waals surface area contributed by atoms with Gasteiger partial charge in [-0.2, -0.15) is 4.31 Å². The molecule has 1 aliphatic heterocycles. The Morgan fingerprint density at radius 1 is 0.917 bits per heavy atom. The van der Waals surface area contributed by atoms with Crippen LogP contribution in [-0.4, -0.2) is 50.3 Å². The number of nitrogens with zero attached hydrogens (tertiary/aromatic N) is 2. The summed E-state index contributed by atoms with van der Waals surface area (Å²) in [5, 5.41) is 1.00. The molecule has 36 heavy (non-hydrogen) atoms. The van der Waals surface area contributed by atoms with Gasteiger partial charge in [-0.15, -0.1) is 0 Å². The first-order chi connectivity index (χ1) is 17.4. The summed E-state index contributed by atoms with van der Waals surface area (Å²) in [4.78, 5) is 2.83. The molecule has 0 bridgehead atoms. The van der Waals surface area contributed by atoms with E-state index in [0.717, 1.165) is 44.5 Å². The summed E-state index contributed by atoms with van der Waals surface area (Å²) in [7, 11) is -3.59. The van der Waals surface area contributed by atoms with E-state index in [0.29, 0.717) is 33.9 Å². The van der Waals surface area contributed by atoms with Crippen molar-refractivity contribution < 1.29 is 8.42 Å². The van der Waals surface area contributed by atoms with Crippen LogP contribution in [0.4, 0.5) is 0 Å². The maximum atomic E-state index is 13.4. The molecule has 0 N–H and O–H groups in total. The normalized spacial score (nSPS) is 16.3. The number of rotatable bonds is 10. The van der Waals surface area contributed by atoms with Crippen molar-refractivity contribution in [3.05, 3.63) is 100 Å². The zero-order valence-corrected chi connectivity index (χ0v) is 23.0. The third kappa shape index (κ3) is 6.70. The van der Waals surface area contributed by atoms with Gasteiger partial charge in [0.1, 0.15) is 0 Å². The predicted molar refractivity (Wildman–Crippen MR) is 150 cm³/mol. The summed E-state index contributed by atoms with van der Waals surface area (Å²) in [5.41, 5.74) is 2.45. The Bertz CT molecular complexity index is 1210. The van der Waals surface area contributed by atoms with E-state index in [9.17, 15) is 8.42 Å². The molecule has 4 nitrogen and oxygen atoms in total. The van der Waals surface area contributed by atoms with Gasteiger partial charge < -0.3 is 4.90 Å². The lowest BCUT2D eigenvalue weighted by atomic mass is 9.89. The van der Waals surface area contributed by atoms with Crippen LogP contribution in [0.15, 0.2) is 83.8 Å². The number of hydrogen-bond acceptors (Lipinski definition) is 3. The van der Waals surface area contributed by atoms with Crippen molar-refractivity contribution in [1.82, 2.24) is 9.21 Å². The van der Waals surface area contributed by atoms with Crippen LogP contribution in [0.1, 0.15) is 49.1 Å². The van der Waals surface area contributed by atoms with Crippen LogP contribution in [0, 0.1) is 0 Å². The lowest BCUT2D eigenvalue weighted by molar-refractivity contribution is 0.202. The standard InChI is InChI=1S/C29H34Cl2N2O2S/c1-2-33(36(34,35)27-11-7-4-8-12-27)22-26(25-13-14-28(30)29(31)21-25)17-20-32-18-15-24(16-19-32)23-9-5-3-6-10-23/h3-14,21,24,26H,2,15-20,22H2,1H3/t26-/m1/s1. The molecule has 7 heteroatoms. The Kier molecular flexibility index (Phi) is 9.48. The maximum Gasteiger partial charge on any atom is 0.243 e.